The van der Waals surface area contributed by atoms with Gasteiger partial charge in [-0.15, -0.1) is 0 Å². The van der Waals surface area contributed by atoms with E-state index in [2.05, 4.69) is 0 Å². The summed E-state index contributed by atoms with van der Waals surface area (Å²) in [5.74, 6) is -0.606. The zero-order valence-electron chi connectivity index (χ0n) is 8.41. The van der Waals surface area contributed by atoms with Crippen LogP contribution in [0.4, 0.5) is 4.39 Å². The smallest absolute Gasteiger partial charge is 0.336 e. The average Bonchev–Trinajstić information content (AvgIpc) is 2.26. The fourth-order valence-electron chi connectivity index (χ4n) is 1.23. The van der Waals surface area contributed by atoms with E-state index in [4.69, 9.17) is 14.6 Å². The van der Waals surface area contributed by atoms with Crippen LogP contribution in [0.2, 0.25) is 0 Å². The van der Waals surface area contributed by atoms with Crippen LogP contribution in [0.25, 0.3) is 0 Å². The van der Waals surface area contributed by atoms with Gasteiger partial charge >= 0.3 is 5.97 Å². The Morgan fingerprint density at radius 2 is 1.87 bits per heavy atom. The molecule has 0 unspecified atom stereocenters. The van der Waals surface area contributed by atoms with Crippen molar-refractivity contribution in [2.24, 2.45) is 0 Å². The summed E-state index contributed by atoms with van der Waals surface area (Å²) in [4.78, 5) is 10.8. The van der Waals surface area contributed by atoms with E-state index in [0.29, 0.717) is 5.75 Å². The Kier molecular flexibility index (Phi) is 3.49. The quantitative estimate of drug-likeness (QED) is 0.831. The van der Waals surface area contributed by atoms with E-state index < -0.39 is 12.6 Å². The maximum Gasteiger partial charge on any atom is 0.336 e. The molecular formula is C10H11FO4. The fraction of sp³-hybridized carbons (Fsp3) is 0.300. The minimum Gasteiger partial charge on any atom is -0.493 e. The lowest BCUT2D eigenvalue weighted by molar-refractivity contribution is 0.0694. The monoisotopic (exact) mass is 214 g/mol. The molecule has 0 fully saturated rings. The first-order valence-electron chi connectivity index (χ1n) is 4.18. The molecule has 0 amide bonds. The highest BCUT2D eigenvalue weighted by molar-refractivity contribution is 5.90. The first-order chi connectivity index (χ1) is 7.13. The average molecular weight is 214 g/mol. The van der Waals surface area contributed by atoms with Crippen LogP contribution in [0.5, 0.6) is 11.5 Å². The second-order valence-corrected chi connectivity index (χ2v) is 2.80. The molecule has 0 radical (unpaired) electrons. The number of aromatic carboxylic acids is 1. The first-order valence-corrected chi connectivity index (χ1v) is 4.18. The van der Waals surface area contributed by atoms with Gasteiger partial charge in [-0.05, 0) is 12.1 Å². The Hall–Kier alpha value is -1.78. The number of halogens is 1. The molecule has 15 heavy (non-hydrogen) atoms. The van der Waals surface area contributed by atoms with Crippen molar-refractivity contribution in [3.63, 3.8) is 0 Å². The predicted octanol–water partition coefficient (Wildman–Crippen LogP) is 1.87. The number of carbonyl (C=O) groups is 1. The molecule has 0 saturated heterocycles. The van der Waals surface area contributed by atoms with E-state index in [-0.39, 0.29) is 16.9 Å². The lowest BCUT2D eigenvalue weighted by Crippen LogP contribution is -2.03. The minimum atomic E-state index is -1.19. The molecule has 0 aliphatic carbocycles. The molecule has 0 aliphatic heterocycles. The lowest BCUT2D eigenvalue weighted by atomic mass is 10.1. The topological polar surface area (TPSA) is 55.8 Å². The predicted molar refractivity (Wildman–Crippen MR) is 51.3 cm³/mol. The van der Waals surface area contributed by atoms with Crippen LogP contribution in [0.15, 0.2) is 12.1 Å². The van der Waals surface area contributed by atoms with Crippen molar-refractivity contribution >= 4 is 5.97 Å². The lowest BCUT2D eigenvalue weighted by Gasteiger charge is -2.10. The Bertz CT molecular complexity index is 376. The van der Waals surface area contributed by atoms with Crippen LogP contribution in [0, 0.1) is 0 Å². The summed E-state index contributed by atoms with van der Waals surface area (Å²) in [7, 11) is 2.79. The molecule has 0 aliphatic rings. The highest BCUT2D eigenvalue weighted by Gasteiger charge is 2.15. The number of carboxylic acids is 1. The van der Waals surface area contributed by atoms with Gasteiger partial charge in [-0.2, -0.15) is 0 Å². The molecule has 1 aromatic rings. The zero-order chi connectivity index (χ0) is 11.4. The molecule has 1 N–H and O–H groups in total. The molecule has 0 saturated carbocycles. The van der Waals surface area contributed by atoms with Gasteiger partial charge in [0.2, 0.25) is 0 Å². The zero-order valence-corrected chi connectivity index (χ0v) is 8.41. The van der Waals surface area contributed by atoms with E-state index in [1.165, 1.54) is 26.4 Å². The van der Waals surface area contributed by atoms with Crippen molar-refractivity contribution in [1.29, 1.82) is 0 Å². The Morgan fingerprint density at radius 1 is 1.33 bits per heavy atom. The molecule has 82 valence electrons. The van der Waals surface area contributed by atoms with Crippen LogP contribution in [0.1, 0.15) is 15.9 Å². The number of rotatable bonds is 4. The highest BCUT2D eigenvalue weighted by atomic mass is 19.1. The molecule has 1 aromatic carbocycles. The van der Waals surface area contributed by atoms with Crippen LogP contribution in [0.3, 0.4) is 0 Å². The molecule has 0 spiro atoms. The Morgan fingerprint density at radius 3 is 2.27 bits per heavy atom. The van der Waals surface area contributed by atoms with Crippen molar-refractivity contribution < 1.29 is 23.8 Å². The summed E-state index contributed by atoms with van der Waals surface area (Å²) in [6.45, 7) is -0.859. The molecule has 5 heteroatoms. The minimum absolute atomic E-state index is 0.0696. The van der Waals surface area contributed by atoms with Gasteiger partial charge in [0.1, 0.15) is 6.67 Å². The molecule has 0 bridgehead atoms. The summed E-state index contributed by atoms with van der Waals surface area (Å²) in [5.41, 5.74) is -0.0460. The van der Waals surface area contributed by atoms with Crippen molar-refractivity contribution in [3.8, 4) is 11.5 Å². The number of hydrogen-bond donors (Lipinski definition) is 1. The standard InChI is InChI=1S/C10H11FO4/c1-14-8-3-6(5-11)7(10(12)13)4-9(8)15-2/h3-4H,5H2,1-2H3,(H,12,13). The van der Waals surface area contributed by atoms with Crippen molar-refractivity contribution in [1.82, 2.24) is 0 Å². The van der Waals surface area contributed by atoms with E-state index in [1.54, 1.807) is 0 Å². The number of carboxylic acid groups (broad SMARTS) is 1. The van der Waals surface area contributed by atoms with Crippen molar-refractivity contribution in [3.05, 3.63) is 23.3 Å². The van der Waals surface area contributed by atoms with Crippen LogP contribution in [-0.4, -0.2) is 25.3 Å². The van der Waals surface area contributed by atoms with Gasteiger partial charge in [-0.25, -0.2) is 9.18 Å². The van der Waals surface area contributed by atoms with Gasteiger partial charge in [0.25, 0.3) is 0 Å². The summed E-state index contributed by atoms with van der Waals surface area (Å²) < 4.78 is 22.4. The van der Waals surface area contributed by atoms with Gasteiger partial charge in [0, 0.05) is 5.56 Å². The first kappa shape index (κ1) is 11.3. The van der Waals surface area contributed by atoms with Crippen LogP contribution < -0.4 is 9.47 Å². The molecular weight excluding hydrogens is 203 g/mol. The summed E-state index contributed by atoms with van der Waals surface area (Å²) in [5, 5.41) is 8.82. The van der Waals surface area contributed by atoms with Gasteiger partial charge in [-0.3, -0.25) is 0 Å². The van der Waals surface area contributed by atoms with Gasteiger partial charge < -0.3 is 14.6 Å². The van der Waals surface area contributed by atoms with Crippen molar-refractivity contribution in [2.75, 3.05) is 14.2 Å². The maximum atomic E-state index is 12.5. The van der Waals surface area contributed by atoms with Crippen LogP contribution >= 0.6 is 0 Å². The third-order valence-electron chi connectivity index (χ3n) is 1.98. The second kappa shape index (κ2) is 4.63. The Labute approximate surface area is 86.2 Å². The fourth-order valence-corrected chi connectivity index (χ4v) is 1.23. The number of hydrogen-bond acceptors (Lipinski definition) is 3. The molecule has 4 nitrogen and oxygen atoms in total. The number of benzene rings is 1. The summed E-state index contributed by atoms with van der Waals surface area (Å²) in [6, 6.07) is 2.57. The van der Waals surface area contributed by atoms with Crippen molar-refractivity contribution in [2.45, 2.75) is 6.67 Å². The second-order valence-electron chi connectivity index (χ2n) is 2.80. The summed E-state index contributed by atoms with van der Waals surface area (Å²) >= 11 is 0. The Balaban J connectivity index is 3.34. The van der Waals surface area contributed by atoms with E-state index >= 15 is 0 Å². The maximum absolute atomic E-state index is 12.5. The largest absolute Gasteiger partial charge is 0.493 e. The van der Waals surface area contributed by atoms with E-state index in [1.807, 2.05) is 0 Å². The molecule has 0 heterocycles. The van der Waals surface area contributed by atoms with Crippen LogP contribution in [-0.2, 0) is 6.67 Å². The van der Waals surface area contributed by atoms with E-state index in [0.717, 1.165) is 0 Å². The SMILES string of the molecule is COc1cc(CF)c(C(=O)O)cc1OC. The molecule has 1 rings (SSSR count). The normalized spacial score (nSPS) is 9.80. The molecule has 0 aromatic heterocycles. The van der Waals surface area contributed by atoms with Gasteiger partial charge in [0.05, 0.1) is 19.8 Å². The number of alkyl halides is 1. The third-order valence-corrected chi connectivity index (χ3v) is 1.98. The van der Waals surface area contributed by atoms with Gasteiger partial charge in [0.15, 0.2) is 11.5 Å². The third kappa shape index (κ3) is 2.18. The van der Waals surface area contributed by atoms with E-state index in [9.17, 15) is 9.18 Å². The number of methoxy groups -OCH3 is 2. The molecule has 0 atom stereocenters. The number of ether oxygens (including phenoxy) is 2. The summed E-state index contributed by atoms with van der Waals surface area (Å²) in [6.07, 6.45) is 0. The van der Waals surface area contributed by atoms with Gasteiger partial charge in [-0.1, -0.05) is 0 Å². The highest BCUT2D eigenvalue weighted by Crippen LogP contribution is 2.30.